The summed E-state index contributed by atoms with van der Waals surface area (Å²) in [4.78, 5) is 16.2. The molecule has 4 rings (SSSR count). The molecule has 0 radical (unpaired) electrons. The number of piperidine rings is 1. The average molecular weight is 343 g/mol. The van der Waals surface area contributed by atoms with Crippen LogP contribution < -0.4 is 14.8 Å². The predicted molar refractivity (Wildman–Crippen MR) is 95.1 cm³/mol. The molecule has 3 aliphatic rings. The van der Waals surface area contributed by atoms with E-state index in [0.29, 0.717) is 12.6 Å². The third kappa shape index (κ3) is 3.74. The number of benzene rings is 1. The van der Waals surface area contributed by atoms with Crippen LogP contribution >= 0.6 is 0 Å². The van der Waals surface area contributed by atoms with E-state index in [-0.39, 0.29) is 12.1 Å². The largest absolute Gasteiger partial charge is 0.485 e. The van der Waals surface area contributed by atoms with E-state index in [1.807, 2.05) is 29.2 Å². The van der Waals surface area contributed by atoms with Crippen LogP contribution in [0.1, 0.15) is 12.8 Å². The molecule has 1 N–H and O–H groups in total. The fourth-order valence-corrected chi connectivity index (χ4v) is 3.74. The van der Waals surface area contributed by atoms with E-state index >= 15 is 0 Å². The number of rotatable bonds is 4. The Labute approximate surface area is 148 Å². The second kappa shape index (κ2) is 7.35. The van der Waals surface area contributed by atoms with Crippen LogP contribution in [-0.2, 0) is 0 Å². The van der Waals surface area contributed by atoms with Crippen LogP contribution in [-0.4, -0.2) is 67.3 Å². The van der Waals surface area contributed by atoms with Gasteiger partial charge in [-0.1, -0.05) is 18.2 Å². The van der Waals surface area contributed by atoms with Crippen LogP contribution in [0.25, 0.3) is 0 Å². The van der Waals surface area contributed by atoms with E-state index in [9.17, 15) is 4.79 Å². The highest BCUT2D eigenvalue weighted by Crippen LogP contribution is 2.31. The number of likely N-dealkylation sites (tertiary alicyclic amines) is 1. The van der Waals surface area contributed by atoms with Gasteiger partial charge in [0, 0.05) is 38.8 Å². The number of urea groups is 1. The molecule has 1 aromatic carbocycles. The van der Waals surface area contributed by atoms with Crippen molar-refractivity contribution in [1.29, 1.82) is 0 Å². The molecule has 2 saturated heterocycles. The molecule has 3 heterocycles. The van der Waals surface area contributed by atoms with Crippen molar-refractivity contribution in [3.63, 3.8) is 0 Å². The lowest BCUT2D eigenvalue weighted by Gasteiger charge is -2.35. The maximum Gasteiger partial charge on any atom is 0.317 e. The van der Waals surface area contributed by atoms with Gasteiger partial charge in [-0.15, -0.1) is 0 Å². The Kier molecular flexibility index (Phi) is 4.78. The van der Waals surface area contributed by atoms with E-state index < -0.39 is 0 Å². The predicted octanol–water partition coefficient (Wildman–Crippen LogP) is 1.87. The number of carbonyl (C=O) groups excluding carboxylic acids is 1. The Balaban J connectivity index is 1.22. The first kappa shape index (κ1) is 16.3. The first-order chi connectivity index (χ1) is 12.3. The van der Waals surface area contributed by atoms with Crippen LogP contribution in [0.5, 0.6) is 11.5 Å². The minimum Gasteiger partial charge on any atom is -0.485 e. The highest BCUT2D eigenvalue weighted by molar-refractivity contribution is 5.76. The monoisotopic (exact) mass is 343 g/mol. The maximum atomic E-state index is 11.8. The zero-order chi connectivity index (χ0) is 17.1. The Morgan fingerprint density at radius 2 is 1.96 bits per heavy atom. The fourth-order valence-electron chi connectivity index (χ4n) is 3.74. The Morgan fingerprint density at radius 1 is 1.16 bits per heavy atom. The summed E-state index contributed by atoms with van der Waals surface area (Å²) in [5.41, 5.74) is 0. The van der Waals surface area contributed by atoms with E-state index in [1.54, 1.807) is 0 Å². The third-order valence-corrected chi connectivity index (χ3v) is 5.13. The summed E-state index contributed by atoms with van der Waals surface area (Å²) < 4.78 is 11.7. The zero-order valence-electron chi connectivity index (χ0n) is 14.4. The summed E-state index contributed by atoms with van der Waals surface area (Å²) in [5.74, 6) is 1.63. The SMILES string of the molecule is O=C1NCCN1C1CCN(C/C=C/C2COc3ccccc3O2)CC1. The summed E-state index contributed by atoms with van der Waals surface area (Å²) in [6.45, 7) is 5.17. The van der Waals surface area contributed by atoms with E-state index in [2.05, 4.69) is 22.4 Å². The van der Waals surface area contributed by atoms with Crippen molar-refractivity contribution in [1.82, 2.24) is 15.1 Å². The Morgan fingerprint density at radius 3 is 2.72 bits per heavy atom. The standard InChI is InChI=1S/C19H25N3O3/c23-19-20-9-13-22(19)15-7-11-21(12-8-15)10-3-4-16-14-24-17-5-1-2-6-18(17)25-16/h1-6,15-16H,7-14H2,(H,20,23)/b4-3+. The van der Waals surface area contributed by atoms with Gasteiger partial charge in [-0.05, 0) is 31.1 Å². The molecule has 2 amide bonds. The van der Waals surface area contributed by atoms with Crippen molar-refractivity contribution in [2.24, 2.45) is 0 Å². The fraction of sp³-hybridized carbons (Fsp3) is 0.526. The van der Waals surface area contributed by atoms with E-state index in [1.165, 1.54) is 0 Å². The van der Waals surface area contributed by atoms with Crippen molar-refractivity contribution >= 4 is 6.03 Å². The minimum absolute atomic E-state index is 0.0271. The molecule has 0 aliphatic carbocycles. The summed E-state index contributed by atoms with van der Waals surface area (Å²) in [7, 11) is 0. The molecule has 0 spiro atoms. The van der Waals surface area contributed by atoms with Crippen molar-refractivity contribution < 1.29 is 14.3 Å². The molecule has 1 atom stereocenters. The number of fused-ring (bicyclic) bond motifs is 1. The number of amides is 2. The van der Waals surface area contributed by atoms with Gasteiger partial charge in [0.25, 0.3) is 0 Å². The van der Waals surface area contributed by atoms with Gasteiger partial charge >= 0.3 is 6.03 Å². The lowest BCUT2D eigenvalue weighted by Crippen LogP contribution is -2.46. The van der Waals surface area contributed by atoms with Crippen LogP contribution in [0.3, 0.4) is 0 Å². The summed E-state index contributed by atoms with van der Waals surface area (Å²) >= 11 is 0. The Hall–Kier alpha value is -2.21. The second-order valence-electron chi connectivity index (χ2n) is 6.80. The topological polar surface area (TPSA) is 54.0 Å². The Bertz CT molecular complexity index is 641. The van der Waals surface area contributed by atoms with Gasteiger partial charge < -0.3 is 19.7 Å². The highest BCUT2D eigenvalue weighted by atomic mass is 16.6. The van der Waals surface area contributed by atoms with Gasteiger partial charge in [0.05, 0.1) is 0 Å². The average Bonchev–Trinajstić information content (AvgIpc) is 3.08. The molecule has 0 saturated carbocycles. The zero-order valence-corrected chi connectivity index (χ0v) is 14.4. The van der Waals surface area contributed by atoms with Crippen LogP contribution in [0.4, 0.5) is 4.79 Å². The van der Waals surface area contributed by atoms with Crippen molar-refractivity contribution in [3.05, 3.63) is 36.4 Å². The quantitative estimate of drug-likeness (QED) is 0.848. The molecular formula is C19H25N3O3. The number of nitrogens with zero attached hydrogens (tertiary/aromatic N) is 2. The molecule has 1 unspecified atom stereocenters. The molecule has 6 heteroatoms. The molecule has 6 nitrogen and oxygen atoms in total. The molecule has 3 aliphatic heterocycles. The van der Waals surface area contributed by atoms with Crippen LogP contribution in [0, 0.1) is 0 Å². The van der Waals surface area contributed by atoms with Crippen molar-refractivity contribution in [2.75, 3.05) is 39.3 Å². The maximum absolute atomic E-state index is 11.8. The van der Waals surface area contributed by atoms with Gasteiger partial charge in [0.1, 0.15) is 6.61 Å². The lowest BCUT2D eigenvalue weighted by atomic mass is 10.0. The molecule has 2 fully saturated rings. The van der Waals surface area contributed by atoms with Gasteiger partial charge in [-0.2, -0.15) is 0 Å². The summed E-state index contributed by atoms with van der Waals surface area (Å²) in [6, 6.07) is 8.28. The smallest absolute Gasteiger partial charge is 0.317 e. The van der Waals surface area contributed by atoms with Gasteiger partial charge in [0.15, 0.2) is 17.6 Å². The van der Waals surface area contributed by atoms with Gasteiger partial charge in [-0.3, -0.25) is 4.90 Å². The van der Waals surface area contributed by atoms with Crippen LogP contribution in [0.15, 0.2) is 36.4 Å². The van der Waals surface area contributed by atoms with Gasteiger partial charge in [-0.25, -0.2) is 4.79 Å². The number of hydrogen-bond donors (Lipinski definition) is 1. The van der Waals surface area contributed by atoms with Crippen LogP contribution in [0.2, 0.25) is 0 Å². The lowest BCUT2D eigenvalue weighted by molar-refractivity contribution is 0.122. The van der Waals surface area contributed by atoms with E-state index in [0.717, 1.165) is 57.1 Å². The molecule has 134 valence electrons. The molecule has 25 heavy (non-hydrogen) atoms. The highest BCUT2D eigenvalue weighted by Gasteiger charge is 2.30. The minimum atomic E-state index is -0.0271. The normalized spacial score (nSPS) is 24.7. The summed E-state index contributed by atoms with van der Waals surface area (Å²) in [6.07, 6.45) is 6.34. The first-order valence-electron chi connectivity index (χ1n) is 9.11. The number of nitrogens with one attached hydrogen (secondary N) is 1. The van der Waals surface area contributed by atoms with Gasteiger partial charge in [0.2, 0.25) is 0 Å². The second-order valence-corrected chi connectivity index (χ2v) is 6.80. The number of para-hydroxylation sites is 2. The first-order valence-corrected chi connectivity index (χ1v) is 9.11. The van der Waals surface area contributed by atoms with E-state index in [4.69, 9.17) is 9.47 Å². The number of ether oxygens (including phenoxy) is 2. The number of hydrogen-bond acceptors (Lipinski definition) is 4. The third-order valence-electron chi connectivity index (χ3n) is 5.13. The molecular weight excluding hydrogens is 318 g/mol. The molecule has 0 bridgehead atoms. The van der Waals surface area contributed by atoms with Crippen molar-refractivity contribution in [2.45, 2.75) is 25.0 Å². The number of carbonyl (C=O) groups is 1. The summed E-state index contributed by atoms with van der Waals surface area (Å²) in [5, 5.41) is 2.89. The molecule has 0 aromatic heterocycles. The molecule has 1 aromatic rings. The van der Waals surface area contributed by atoms with Crippen molar-refractivity contribution in [3.8, 4) is 11.5 Å².